The molecule has 0 aromatic heterocycles. The minimum Gasteiger partial charge on any atom is -0.388 e. The van der Waals surface area contributed by atoms with Gasteiger partial charge in [0.05, 0.1) is 5.84 Å². The van der Waals surface area contributed by atoms with Gasteiger partial charge in [-0.1, -0.05) is 30.3 Å². The summed E-state index contributed by atoms with van der Waals surface area (Å²) in [6.45, 7) is 2.37. The third kappa shape index (κ3) is 3.83. The summed E-state index contributed by atoms with van der Waals surface area (Å²) in [6, 6.07) is 10.9. The highest BCUT2D eigenvalue weighted by molar-refractivity contribution is 5.77. The van der Waals surface area contributed by atoms with Gasteiger partial charge in [0, 0.05) is 25.6 Å². The van der Waals surface area contributed by atoms with Crippen molar-refractivity contribution in [2.24, 2.45) is 17.6 Å². The molecule has 0 spiro atoms. The lowest BCUT2D eigenvalue weighted by Gasteiger charge is -2.32. The Kier molecular flexibility index (Phi) is 4.06. The molecule has 2 fully saturated rings. The van der Waals surface area contributed by atoms with Crippen molar-refractivity contribution in [1.29, 1.82) is 5.41 Å². The predicted octanol–water partition coefficient (Wildman–Crippen LogP) is 3.18. The molecule has 2 aliphatic carbocycles. The molecule has 108 valence electrons. The maximum absolute atomic E-state index is 7.71. The topological polar surface area (TPSA) is 53.1 Å². The Bertz CT molecular complexity index is 435. The molecule has 0 saturated heterocycles. The molecule has 3 N–H and O–H groups in total. The molecule has 1 unspecified atom stereocenters. The molecular formula is C17H25N3. The van der Waals surface area contributed by atoms with Crippen LogP contribution in [0.3, 0.4) is 0 Å². The summed E-state index contributed by atoms with van der Waals surface area (Å²) in [5, 5.41) is 7.71. The standard InChI is InChI=1S/C17H25N3/c18-17(19)10-16(15-4-2-1-3-5-15)20(11-13-6-7-13)12-14-8-9-14/h1-5,13-14,16H,6-12H2,(H3,18,19). The lowest BCUT2D eigenvalue weighted by atomic mass is 10.0. The molecule has 0 heterocycles. The van der Waals surface area contributed by atoms with Gasteiger partial charge in [0.25, 0.3) is 0 Å². The monoisotopic (exact) mass is 271 g/mol. The second-order valence-corrected chi connectivity index (χ2v) is 6.50. The van der Waals surface area contributed by atoms with E-state index in [0.717, 1.165) is 11.8 Å². The van der Waals surface area contributed by atoms with Crippen LogP contribution in [0.15, 0.2) is 30.3 Å². The SMILES string of the molecule is N=C(N)CC(c1ccccc1)N(CC1CC1)CC1CC1. The van der Waals surface area contributed by atoms with Gasteiger partial charge in [-0.2, -0.15) is 0 Å². The van der Waals surface area contributed by atoms with Gasteiger partial charge < -0.3 is 5.73 Å². The van der Waals surface area contributed by atoms with Crippen LogP contribution in [0.1, 0.15) is 43.7 Å². The fourth-order valence-electron chi connectivity index (χ4n) is 2.93. The zero-order valence-corrected chi connectivity index (χ0v) is 12.1. The van der Waals surface area contributed by atoms with Crippen molar-refractivity contribution in [3.05, 3.63) is 35.9 Å². The van der Waals surface area contributed by atoms with Gasteiger partial charge in [-0.25, -0.2) is 0 Å². The molecule has 0 aliphatic heterocycles. The normalized spacial score (nSPS) is 20.1. The highest BCUT2D eigenvalue weighted by atomic mass is 15.2. The highest BCUT2D eigenvalue weighted by Crippen LogP contribution is 2.38. The minimum absolute atomic E-state index is 0.287. The maximum atomic E-state index is 7.71. The summed E-state index contributed by atoms with van der Waals surface area (Å²) in [5.41, 5.74) is 7.03. The van der Waals surface area contributed by atoms with Crippen LogP contribution in [0.5, 0.6) is 0 Å². The van der Waals surface area contributed by atoms with Gasteiger partial charge in [0.15, 0.2) is 0 Å². The molecule has 0 bridgehead atoms. The largest absolute Gasteiger partial charge is 0.388 e. The molecule has 3 nitrogen and oxygen atoms in total. The Morgan fingerprint density at radius 2 is 1.65 bits per heavy atom. The van der Waals surface area contributed by atoms with Gasteiger partial charge in [0.1, 0.15) is 0 Å². The summed E-state index contributed by atoms with van der Waals surface area (Å²) < 4.78 is 0. The van der Waals surface area contributed by atoms with Crippen molar-refractivity contribution in [2.75, 3.05) is 13.1 Å². The summed E-state index contributed by atoms with van der Waals surface area (Å²) in [7, 11) is 0. The van der Waals surface area contributed by atoms with Gasteiger partial charge in [-0.05, 0) is 43.1 Å². The van der Waals surface area contributed by atoms with Crippen LogP contribution in [-0.2, 0) is 0 Å². The van der Waals surface area contributed by atoms with Crippen LogP contribution in [0.4, 0.5) is 0 Å². The third-order valence-corrected chi connectivity index (χ3v) is 4.42. The summed E-state index contributed by atoms with van der Waals surface area (Å²) in [4.78, 5) is 2.60. The van der Waals surface area contributed by atoms with E-state index in [2.05, 4.69) is 35.2 Å². The molecule has 1 aromatic rings. The number of nitrogens with zero attached hydrogens (tertiary/aromatic N) is 1. The highest BCUT2D eigenvalue weighted by Gasteiger charge is 2.33. The van der Waals surface area contributed by atoms with Crippen LogP contribution in [0.2, 0.25) is 0 Å². The van der Waals surface area contributed by atoms with Gasteiger partial charge >= 0.3 is 0 Å². The first-order chi connectivity index (χ1) is 9.72. The fourth-order valence-corrected chi connectivity index (χ4v) is 2.93. The van der Waals surface area contributed by atoms with Gasteiger partial charge in [-0.3, -0.25) is 10.3 Å². The van der Waals surface area contributed by atoms with Crippen LogP contribution in [-0.4, -0.2) is 23.8 Å². The Balaban J connectivity index is 1.77. The molecule has 1 atom stereocenters. The van der Waals surface area contributed by atoms with Crippen molar-refractivity contribution in [3.8, 4) is 0 Å². The summed E-state index contributed by atoms with van der Waals surface area (Å²) >= 11 is 0. The Hall–Kier alpha value is -1.35. The first kappa shape index (κ1) is 13.6. The van der Waals surface area contributed by atoms with Crippen molar-refractivity contribution in [1.82, 2.24) is 4.90 Å². The van der Waals surface area contributed by atoms with Crippen LogP contribution < -0.4 is 5.73 Å². The second-order valence-electron chi connectivity index (χ2n) is 6.50. The van der Waals surface area contributed by atoms with E-state index in [0.29, 0.717) is 12.3 Å². The zero-order valence-electron chi connectivity index (χ0n) is 12.1. The second kappa shape index (κ2) is 5.96. The molecule has 0 radical (unpaired) electrons. The molecule has 3 rings (SSSR count). The predicted molar refractivity (Wildman–Crippen MR) is 82.7 cm³/mol. The molecule has 2 aliphatic rings. The number of hydrogen-bond acceptors (Lipinski definition) is 2. The Labute approximate surface area is 121 Å². The van der Waals surface area contributed by atoms with E-state index in [1.165, 1.54) is 44.3 Å². The lowest BCUT2D eigenvalue weighted by Crippen LogP contribution is -2.35. The minimum atomic E-state index is 0.287. The molecule has 1 aromatic carbocycles. The Morgan fingerprint density at radius 1 is 1.10 bits per heavy atom. The van der Waals surface area contributed by atoms with E-state index >= 15 is 0 Å². The zero-order chi connectivity index (χ0) is 13.9. The lowest BCUT2D eigenvalue weighted by molar-refractivity contribution is 0.184. The van der Waals surface area contributed by atoms with Gasteiger partial charge in [-0.15, -0.1) is 0 Å². The first-order valence-electron chi connectivity index (χ1n) is 7.84. The van der Waals surface area contributed by atoms with E-state index < -0.39 is 0 Å². The van der Waals surface area contributed by atoms with Crippen LogP contribution >= 0.6 is 0 Å². The number of hydrogen-bond donors (Lipinski definition) is 2. The van der Waals surface area contributed by atoms with Crippen LogP contribution in [0.25, 0.3) is 0 Å². The van der Waals surface area contributed by atoms with E-state index in [4.69, 9.17) is 11.1 Å². The average molecular weight is 271 g/mol. The van der Waals surface area contributed by atoms with E-state index in [9.17, 15) is 0 Å². The van der Waals surface area contributed by atoms with Crippen LogP contribution in [0, 0.1) is 17.2 Å². The summed E-state index contributed by atoms with van der Waals surface area (Å²) in [5.74, 6) is 2.06. The van der Waals surface area contributed by atoms with Crippen molar-refractivity contribution < 1.29 is 0 Å². The van der Waals surface area contributed by atoms with Crippen molar-refractivity contribution in [2.45, 2.75) is 38.1 Å². The first-order valence-corrected chi connectivity index (χ1v) is 7.84. The van der Waals surface area contributed by atoms with E-state index in [1.807, 2.05) is 0 Å². The smallest absolute Gasteiger partial charge is 0.0924 e. The number of amidine groups is 1. The van der Waals surface area contributed by atoms with Crippen molar-refractivity contribution in [3.63, 3.8) is 0 Å². The third-order valence-electron chi connectivity index (χ3n) is 4.42. The van der Waals surface area contributed by atoms with E-state index in [-0.39, 0.29) is 6.04 Å². The molecule has 2 saturated carbocycles. The maximum Gasteiger partial charge on any atom is 0.0924 e. The number of nitrogens with two attached hydrogens (primary N) is 1. The molecule has 20 heavy (non-hydrogen) atoms. The number of nitrogens with one attached hydrogen (secondary N) is 1. The molecular weight excluding hydrogens is 246 g/mol. The van der Waals surface area contributed by atoms with Gasteiger partial charge in [0.2, 0.25) is 0 Å². The molecule has 3 heteroatoms. The Morgan fingerprint density at radius 3 is 2.10 bits per heavy atom. The number of rotatable bonds is 8. The molecule has 0 amide bonds. The fraction of sp³-hybridized carbons (Fsp3) is 0.588. The van der Waals surface area contributed by atoms with Crippen molar-refractivity contribution >= 4 is 5.84 Å². The quantitative estimate of drug-likeness (QED) is 0.563. The summed E-state index contributed by atoms with van der Waals surface area (Å²) in [6.07, 6.45) is 6.17. The average Bonchev–Trinajstić information content (AvgIpc) is 3.32. The van der Waals surface area contributed by atoms with E-state index in [1.54, 1.807) is 0 Å². The number of benzene rings is 1.